The number of nitrogens with zero attached hydrogens (tertiary/aromatic N) is 3. The average molecular weight is 381 g/mol. The molecule has 0 rings (SSSR count). The Hall–Kier alpha value is 1.02. The van der Waals surface area contributed by atoms with E-state index in [0.29, 0.717) is 0 Å². The van der Waals surface area contributed by atoms with Gasteiger partial charge < -0.3 is 13.2 Å². The summed E-state index contributed by atoms with van der Waals surface area (Å²) in [5.74, 6) is 0. The zero-order chi connectivity index (χ0) is 17.5. The third kappa shape index (κ3) is 7.90. The van der Waals surface area contributed by atoms with Crippen LogP contribution in [0.1, 0.15) is 0 Å². The summed E-state index contributed by atoms with van der Waals surface area (Å²) in [5.41, 5.74) is 0. The van der Waals surface area contributed by atoms with Gasteiger partial charge in [-0.25, -0.2) is 0 Å². The van der Waals surface area contributed by atoms with Crippen molar-refractivity contribution < 1.29 is 0 Å². The van der Waals surface area contributed by atoms with Gasteiger partial charge in [-0.1, -0.05) is 94.2 Å². The van der Waals surface area contributed by atoms with E-state index in [2.05, 4.69) is 89.2 Å². The second-order valence-electron chi connectivity index (χ2n) is 10.1. The molecular weight excluding hydrogens is 341 g/mol. The average Bonchev–Trinajstić information content (AvgIpc) is 1.83. The molecule has 8 heteroatoms. The maximum Gasteiger partial charge on any atom is 0.169 e. The van der Waals surface area contributed by atoms with E-state index in [1.165, 1.54) is 0 Å². The van der Waals surface area contributed by atoms with E-state index in [9.17, 15) is 0 Å². The van der Waals surface area contributed by atoms with Crippen molar-refractivity contribution in [3.05, 3.63) is 4.75 Å². The molecule has 0 fully saturated rings. The monoisotopic (exact) mass is 380 g/mol. The smallest absolute Gasteiger partial charge is 0.169 e. The van der Waals surface area contributed by atoms with Crippen molar-refractivity contribution in [3.63, 3.8) is 0 Å². The Morgan fingerprint density at radius 1 is 0.714 bits per heavy atom. The van der Waals surface area contributed by atoms with Crippen LogP contribution in [0.3, 0.4) is 0 Å². The van der Waals surface area contributed by atoms with Gasteiger partial charge in [0.25, 0.3) is 0 Å². The Morgan fingerprint density at radius 2 is 1.05 bits per heavy atom. The molecule has 3 nitrogen and oxygen atoms in total. The minimum Gasteiger partial charge on any atom is -0.613 e. The van der Waals surface area contributed by atoms with Gasteiger partial charge >= 0.3 is 0 Å². The minimum atomic E-state index is -1.74. The SMILES string of the molecule is C[Si](C)(C)N=P(C)([N-][Si](C)(C)C)N([Si](C)(C)C)[Si](C)(C)C. The summed E-state index contributed by atoms with van der Waals surface area (Å²) in [6, 6.07) is 0. The zero-order valence-electron chi connectivity index (χ0n) is 16.8. The van der Waals surface area contributed by atoms with Crippen LogP contribution in [0.2, 0.25) is 78.6 Å². The standard InChI is InChI=1S/C13H39N3PSi4/c1-17(14-18(2,3)4,15-19(5,6)7)16(20(8,9)10)21(11,12)13/h1-13H3/q-1. The van der Waals surface area contributed by atoms with Crippen LogP contribution in [0.15, 0.2) is 4.41 Å². The van der Waals surface area contributed by atoms with Crippen LogP contribution in [0, 0.1) is 0 Å². The first-order chi connectivity index (χ1) is 8.78. The predicted octanol–water partition coefficient (Wildman–Crippen LogP) is 6.66. The van der Waals surface area contributed by atoms with Gasteiger partial charge in [0.15, 0.2) is 8.24 Å². The van der Waals surface area contributed by atoms with Crippen LogP contribution in [0.4, 0.5) is 0 Å². The van der Waals surface area contributed by atoms with Crippen molar-refractivity contribution in [2.75, 3.05) is 6.66 Å². The first-order valence-corrected chi connectivity index (χ1v) is 23.8. The second-order valence-corrected chi connectivity index (χ2v) is 33.3. The summed E-state index contributed by atoms with van der Waals surface area (Å²) < 4.78 is 13.8. The third-order valence-corrected chi connectivity index (χ3v) is 23.7. The Bertz CT molecular complexity index is 397. The predicted molar refractivity (Wildman–Crippen MR) is 114 cm³/mol. The molecule has 0 aromatic heterocycles. The normalized spacial score (nSPS) is 17.8. The quantitative estimate of drug-likeness (QED) is 0.374. The van der Waals surface area contributed by atoms with E-state index in [1.807, 2.05) is 0 Å². The highest BCUT2D eigenvalue weighted by atomic mass is 31.2. The molecule has 0 N–H and O–H groups in total. The van der Waals surface area contributed by atoms with Gasteiger partial charge in [-0.15, -0.1) is 0 Å². The molecule has 0 spiro atoms. The van der Waals surface area contributed by atoms with Crippen molar-refractivity contribution in [1.82, 2.24) is 4.00 Å². The summed E-state index contributed by atoms with van der Waals surface area (Å²) in [6.07, 6.45) is 0. The van der Waals surface area contributed by atoms with Gasteiger partial charge in [-0.3, -0.25) is 0 Å². The molecule has 1 atom stereocenters. The number of hydrogen-bond acceptors (Lipinski definition) is 1. The molecule has 128 valence electrons. The van der Waals surface area contributed by atoms with Gasteiger partial charge in [-0.2, -0.15) is 0 Å². The van der Waals surface area contributed by atoms with E-state index >= 15 is 0 Å². The first-order valence-electron chi connectivity index (χ1n) is 7.94. The fraction of sp³-hybridized carbons (Fsp3) is 1.00. The molecule has 0 saturated carbocycles. The second kappa shape index (κ2) is 6.49. The molecule has 0 aliphatic heterocycles. The molecule has 0 bridgehead atoms. The highest BCUT2D eigenvalue weighted by molar-refractivity contribution is 7.73. The Balaban J connectivity index is 6.30. The Kier molecular flexibility index (Phi) is 6.81. The van der Waals surface area contributed by atoms with E-state index in [0.717, 1.165) is 0 Å². The molecule has 0 aromatic carbocycles. The van der Waals surface area contributed by atoms with E-state index in [4.69, 9.17) is 9.16 Å². The zero-order valence-corrected chi connectivity index (χ0v) is 21.7. The van der Waals surface area contributed by atoms with E-state index in [-0.39, 0.29) is 0 Å². The maximum atomic E-state index is 5.47. The highest BCUT2D eigenvalue weighted by Gasteiger charge is 2.39. The fourth-order valence-electron chi connectivity index (χ4n) is 3.39. The molecule has 0 radical (unpaired) electrons. The summed E-state index contributed by atoms with van der Waals surface area (Å²) >= 11 is 0. The highest BCUT2D eigenvalue weighted by Crippen LogP contribution is 2.62. The van der Waals surface area contributed by atoms with Crippen molar-refractivity contribution in [2.45, 2.75) is 78.6 Å². The van der Waals surface area contributed by atoms with Gasteiger partial charge in [0.2, 0.25) is 0 Å². The fourth-order valence-corrected chi connectivity index (χ4v) is 32.5. The van der Waals surface area contributed by atoms with Crippen LogP contribution in [0.5, 0.6) is 0 Å². The van der Waals surface area contributed by atoms with Crippen LogP contribution in [-0.4, -0.2) is 43.6 Å². The molecular formula is C13H39N3PSi4-. The minimum absolute atomic E-state index is 1.46. The maximum absolute atomic E-state index is 5.47. The largest absolute Gasteiger partial charge is 0.613 e. The van der Waals surface area contributed by atoms with E-state index < -0.39 is 40.3 Å². The molecule has 0 heterocycles. The van der Waals surface area contributed by atoms with E-state index in [1.54, 1.807) is 0 Å². The molecule has 0 saturated heterocycles. The Labute approximate surface area is 138 Å². The molecule has 0 amide bonds. The topological polar surface area (TPSA) is 29.7 Å². The number of rotatable bonds is 6. The molecule has 0 aliphatic rings. The van der Waals surface area contributed by atoms with Crippen LogP contribution in [0.25, 0.3) is 4.75 Å². The van der Waals surface area contributed by atoms with Crippen LogP contribution < -0.4 is 0 Å². The molecule has 0 aliphatic carbocycles. The van der Waals surface area contributed by atoms with Crippen molar-refractivity contribution >= 4 is 40.3 Å². The van der Waals surface area contributed by atoms with Crippen molar-refractivity contribution in [3.8, 4) is 0 Å². The van der Waals surface area contributed by atoms with Crippen molar-refractivity contribution in [2.24, 2.45) is 4.41 Å². The van der Waals surface area contributed by atoms with Crippen molar-refractivity contribution in [1.29, 1.82) is 0 Å². The molecule has 21 heavy (non-hydrogen) atoms. The number of hydrogen-bond donors (Lipinski definition) is 0. The molecule has 1 unspecified atom stereocenters. The summed E-state index contributed by atoms with van der Waals surface area (Å²) in [7, 11) is -7.66. The van der Waals surface area contributed by atoms with Gasteiger partial charge in [0.05, 0.1) is 0 Å². The lowest BCUT2D eigenvalue weighted by atomic mass is 11.8. The summed E-state index contributed by atoms with van der Waals surface area (Å²) in [5, 5.41) is 0. The van der Waals surface area contributed by atoms with Crippen LogP contribution in [-0.2, 0) is 0 Å². The summed E-state index contributed by atoms with van der Waals surface area (Å²) in [4.78, 5) is 0. The molecule has 0 aromatic rings. The van der Waals surface area contributed by atoms with Gasteiger partial charge in [0.1, 0.15) is 16.5 Å². The summed E-state index contributed by atoms with van der Waals surface area (Å²) in [6.45, 7) is 31.4. The Morgan fingerprint density at radius 3 is 1.24 bits per heavy atom. The van der Waals surface area contributed by atoms with Gasteiger partial charge in [0, 0.05) is 0 Å². The van der Waals surface area contributed by atoms with Crippen LogP contribution >= 0.6 is 7.36 Å². The third-order valence-electron chi connectivity index (χ3n) is 2.63. The lowest BCUT2D eigenvalue weighted by molar-refractivity contribution is 0.964. The lowest BCUT2D eigenvalue weighted by Gasteiger charge is -2.60. The first kappa shape index (κ1) is 22.0. The lowest BCUT2D eigenvalue weighted by Crippen LogP contribution is -2.57. The van der Waals surface area contributed by atoms with Gasteiger partial charge in [-0.05, 0) is 6.66 Å².